The maximum Gasteiger partial charge on any atom is 0.303 e. The van der Waals surface area contributed by atoms with Crippen LogP contribution < -0.4 is 11.1 Å². The SMILES string of the molecule is CCCC(CCNC(=O)C(C)(N)CCC)CCC(=O)O. The van der Waals surface area contributed by atoms with Crippen molar-refractivity contribution in [2.75, 3.05) is 6.54 Å². The minimum absolute atomic E-state index is 0.118. The number of rotatable bonds is 11. The highest BCUT2D eigenvalue weighted by atomic mass is 16.4. The molecule has 0 bridgehead atoms. The van der Waals surface area contributed by atoms with Crippen molar-refractivity contribution in [3.8, 4) is 0 Å². The van der Waals surface area contributed by atoms with Crippen LogP contribution in [0.1, 0.15) is 65.7 Å². The van der Waals surface area contributed by atoms with Gasteiger partial charge in [0.2, 0.25) is 5.91 Å². The fourth-order valence-electron chi connectivity index (χ4n) is 2.39. The van der Waals surface area contributed by atoms with E-state index in [0.717, 1.165) is 25.7 Å². The topological polar surface area (TPSA) is 92.4 Å². The molecule has 0 spiro atoms. The lowest BCUT2D eigenvalue weighted by atomic mass is 9.93. The molecule has 1 amide bonds. The Morgan fingerprint density at radius 2 is 1.85 bits per heavy atom. The van der Waals surface area contributed by atoms with E-state index in [-0.39, 0.29) is 12.3 Å². The molecule has 0 aromatic carbocycles. The van der Waals surface area contributed by atoms with E-state index in [9.17, 15) is 9.59 Å². The predicted octanol–water partition coefficient (Wildman–Crippen LogP) is 2.29. The third-order valence-electron chi connectivity index (χ3n) is 3.59. The zero-order valence-corrected chi connectivity index (χ0v) is 13.1. The van der Waals surface area contributed by atoms with Gasteiger partial charge in [-0.15, -0.1) is 0 Å². The molecule has 0 aromatic heterocycles. The number of carboxylic acid groups (broad SMARTS) is 1. The Kier molecular flexibility index (Phi) is 9.21. The highest BCUT2D eigenvalue weighted by Crippen LogP contribution is 2.17. The third kappa shape index (κ3) is 8.15. The number of carbonyl (C=O) groups is 2. The highest BCUT2D eigenvalue weighted by Gasteiger charge is 2.26. The van der Waals surface area contributed by atoms with Gasteiger partial charge in [0.1, 0.15) is 0 Å². The second-order valence-electron chi connectivity index (χ2n) is 5.80. The molecule has 2 atom stereocenters. The van der Waals surface area contributed by atoms with Crippen LogP contribution in [0.2, 0.25) is 0 Å². The molecule has 0 saturated carbocycles. The van der Waals surface area contributed by atoms with E-state index in [4.69, 9.17) is 10.8 Å². The van der Waals surface area contributed by atoms with Crippen LogP contribution in [0.15, 0.2) is 0 Å². The summed E-state index contributed by atoms with van der Waals surface area (Å²) in [7, 11) is 0. The van der Waals surface area contributed by atoms with Gasteiger partial charge >= 0.3 is 5.97 Å². The molecule has 0 aliphatic carbocycles. The second kappa shape index (κ2) is 9.75. The molecule has 0 aliphatic rings. The lowest BCUT2D eigenvalue weighted by molar-refractivity contribution is -0.137. The summed E-state index contributed by atoms with van der Waals surface area (Å²) in [6.07, 6.45) is 5.25. The van der Waals surface area contributed by atoms with Crippen LogP contribution in [0, 0.1) is 5.92 Å². The normalized spacial score (nSPS) is 15.4. The summed E-state index contributed by atoms with van der Waals surface area (Å²) in [6, 6.07) is 0. The van der Waals surface area contributed by atoms with Gasteiger partial charge in [0, 0.05) is 13.0 Å². The van der Waals surface area contributed by atoms with Gasteiger partial charge < -0.3 is 16.2 Å². The molecular weight excluding hydrogens is 256 g/mol. The molecule has 0 heterocycles. The smallest absolute Gasteiger partial charge is 0.303 e. The van der Waals surface area contributed by atoms with Gasteiger partial charge in [-0.25, -0.2) is 0 Å². The van der Waals surface area contributed by atoms with Crippen LogP contribution in [0.5, 0.6) is 0 Å². The molecule has 2 unspecified atom stereocenters. The van der Waals surface area contributed by atoms with Gasteiger partial charge in [-0.1, -0.05) is 33.1 Å². The van der Waals surface area contributed by atoms with E-state index >= 15 is 0 Å². The second-order valence-corrected chi connectivity index (χ2v) is 5.80. The van der Waals surface area contributed by atoms with Gasteiger partial charge in [0.05, 0.1) is 5.54 Å². The Labute approximate surface area is 122 Å². The monoisotopic (exact) mass is 286 g/mol. The quantitative estimate of drug-likeness (QED) is 0.543. The van der Waals surface area contributed by atoms with Crippen molar-refractivity contribution in [2.24, 2.45) is 11.7 Å². The molecule has 20 heavy (non-hydrogen) atoms. The van der Waals surface area contributed by atoms with Gasteiger partial charge in [0.15, 0.2) is 0 Å². The first-order valence-electron chi connectivity index (χ1n) is 7.62. The van der Waals surface area contributed by atoms with Crippen molar-refractivity contribution in [1.82, 2.24) is 5.32 Å². The summed E-state index contributed by atoms with van der Waals surface area (Å²) in [4.78, 5) is 22.5. The molecule has 0 rings (SSSR count). The highest BCUT2D eigenvalue weighted by molar-refractivity contribution is 5.85. The largest absolute Gasteiger partial charge is 0.481 e. The Bertz CT molecular complexity index is 303. The first-order valence-corrected chi connectivity index (χ1v) is 7.62. The molecule has 0 fully saturated rings. The van der Waals surface area contributed by atoms with E-state index in [0.29, 0.717) is 25.3 Å². The van der Waals surface area contributed by atoms with Crippen molar-refractivity contribution in [2.45, 2.75) is 71.3 Å². The van der Waals surface area contributed by atoms with Gasteiger partial charge in [-0.2, -0.15) is 0 Å². The molecule has 4 N–H and O–H groups in total. The van der Waals surface area contributed by atoms with Gasteiger partial charge in [-0.05, 0) is 32.1 Å². The standard InChI is InChI=1S/C15H30N2O3/c1-4-6-12(7-8-13(18)19)9-11-17-14(20)15(3,16)10-5-2/h12H,4-11,16H2,1-3H3,(H,17,20)(H,18,19). The number of nitrogens with two attached hydrogens (primary N) is 1. The third-order valence-corrected chi connectivity index (χ3v) is 3.59. The van der Waals surface area contributed by atoms with E-state index in [1.165, 1.54) is 0 Å². The van der Waals surface area contributed by atoms with Gasteiger partial charge in [-0.3, -0.25) is 9.59 Å². The molecule has 0 aromatic rings. The lowest BCUT2D eigenvalue weighted by Gasteiger charge is -2.23. The molecule has 0 saturated heterocycles. The summed E-state index contributed by atoms with van der Waals surface area (Å²) >= 11 is 0. The van der Waals surface area contributed by atoms with Crippen molar-refractivity contribution in [3.05, 3.63) is 0 Å². The zero-order chi connectivity index (χ0) is 15.6. The van der Waals surface area contributed by atoms with Crippen molar-refractivity contribution >= 4 is 11.9 Å². The number of aliphatic carboxylic acids is 1. The number of hydrogen-bond acceptors (Lipinski definition) is 3. The molecular formula is C15H30N2O3. The minimum Gasteiger partial charge on any atom is -0.481 e. The van der Waals surface area contributed by atoms with E-state index in [1.54, 1.807) is 6.92 Å². The maximum atomic E-state index is 11.9. The maximum absolute atomic E-state index is 11.9. The predicted molar refractivity (Wildman–Crippen MR) is 80.4 cm³/mol. The number of carbonyl (C=O) groups excluding carboxylic acids is 1. The van der Waals surface area contributed by atoms with Crippen LogP contribution in [-0.2, 0) is 9.59 Å². The van der Waals surface area contributed by atoms with E-state index in [1.807, 2.05) is 6.92 Å². The van der Waals surface area contributed by atoms with Crippen LogP contribution in [0.4, 0.5) is 0 Å². The summed E-state index contributed by atoms with van der Waals surface area (Å²) in [5.41, 5.74) is 5.15. The first-order chi connectivity index (χ1) is 9.33. The zero-order valence-electron chi connectivity index (χ0n) is 13.1. The lowest BCUT2D eigenvalue weighted by Crippen LogP contribution is -2.51. The van der Waals surface area contributed by atoms with Crippen molar-refractivity contribution < 1.29 is 14.7 Å². The first kappa shape index (κ1) is 18.9. The molecule has 0 radical (unpaired) electrons. The minimum atomic E-state index is -0.809. The van der Waals surface area contributed by atoms with Gasteiger partial charge in [0.25, 0.3) is 0 Å². The van der Waals surface area contributed by atoms with Crippen molar-refractivity contribution in [1.29, 1.82) is 0 Å². The number of nitrogens with one attached hydrogen (secondary N) is 1. The van der Waals surface area contributed by atoms with Crippen molar-refractivity contribution in [3.63, 3.8) is 0 Å². The molecule has 5 nitrogen and oxygen atoms in total. The van der Waals surface area contributed by atoms with E-state index < -0.39 is 11.5 Å². The molecule has 118 valence electrons. The fraction of sp³-hybridized carbons (Fsp3) is 0.867. The summed E-state index contributed by atoms with van der Waals surface area (Å²) in [6.45, 7) is 6.41. The Morgan fingerprint density at radius 1 is 1.20 bits per heavy atom. The van der Waals surface area contributed by atoms with Crippen LogP contribution in [0.25, 0.3) is 0 Å². The van der Waals surface area contributed by atoms with Crippen LogP contribution >= 0.6 is 0 Å². The van der Waals surface area contributed by atoms with E-state index in [2.05, 4.69) is 12.2 Å². The molecule has 0 aliphatic heterocycles. The number of amides is 1. The number of carboxylic acids is 1. The fourth-order valence-corrected chi connectivity index (χ4v) is 2.39. The van der Waals surface area contributed by atoms with Crippen LogP contribution in [-0.4, -0.2) is 29.1 Å². The average molecular weight is 286 g/mol. The Hall–Kier alpha value is -1.10. The molecule has 5 heteroatoms. The summed E-state index contributed by atoms with van der Waals surface area (Å²) in [5.74, 6) is -0.521. The number of hydrogen-bond donors (Lipinski definition) is 3. The average Bonchev–Trinajstić information content (AvgIpc) is 2.35. The Balaban J connectivity index is 4.09. The Morgan fingerprint density at radius 3 is 2.35 bits per heavy atom. The summed E-state index contributed by atoms with van der Waals surface area (Å²) < 4.78 is 0. The summed E-state index contributed by atoms with van der Waals surface area (Å²) in [5, 5.41) is 11.6. The van der Waals surface area contributed by atoms with Crippen LogP contribution in [0.3, 0.4) is 0 Å².